The molecule has 112 valence electrons. The molecule has 1 heterocycles. The zero-order valence-corrected chi connectivity index (χ0v) is 12.0. The number of hydrogen-bond donors (Lipinski definition) is 1. The SMILES string of the molecule is Cc1cc(Cl)ccc1OCC(O)Cn1cc([N+](=O)[O-])cn1. The smallest absolute Gasteiger partial charge is 0.306 e. The van der Waals surface area contributed by atoms with E-state index in [0.29, 0.717) is 10.8 Å². The normalized spacial score (nSPS) is 12.1. The number of nitro groups is 1. The molecule has 1 N–H and O–H groups in total. The van der Waals surface area contributed by atoms with Crippen LogP contribution in [0.1, 0.15) is 5.56 Å². The fourth-order valence-corrected chi connectivity index (χ4v) is 2.00. The topological polar surface area (TPSA) is 90.4 Å². The number of ether oxygens (including phenoxy) is 1. The first-order valence-corrected chi connectivity index (χ1v) is 6.57. The van der Waals surface area contributed by atoms with Crippen molar-refractivity contribution in [1.82, 2.24) is 9.78 Å². The van der Waals surface area contributed by atoms with Gasteiger partial charge in [0.1, 0.15) is 30.9 Å². The van der Waals surface area contributed by atoms with Gasteiger partial charge in [0.25, 0.3) is 0 Å². The van der Waals surface area contributed by atoms with Gasteiger partial charge in [-0.3, -0.25) is 14.8 Å². The zero-order chi connectivity index (χ0) is 15.4. The summed E-state index contributed by atoms with van der Waals surface area (Å²) in [4.78, 5) is 9.99. The molecule has 1 aromatic heterocycles. The van der Waals surface area contributed by atoms with Crippen molar-refractivity contribution < 1.29 is 14.8 Å². The van der Waals surface area contributed by atoms with E-state index in [0.717, 1.165) is 11.8 Å². The van der Waals surface area contributed by atoms with Gasteiger partial charge in [-0.05, 0) is 30.7 Å². The summed E-state index contributed by atoms with van der Waals surface area (Å²) in [5, 5.41) is 24.8. The highest BCUT2D eigenvalue weighted by Crippen LogP contribution is 2.21. The molecule has 0 fully saturated rings. The summed E-state index contributed by atoms with van der Waals surface area (Å²) < 4.78 is 6.80. The Balaban J connectivity index is 1.89. The van der Waals surface area contributed by atoms with Gasteiger partial charge in [0, 0.05) is 5.02 Å². The molecule has 0 aliphatic rings. The molecule has 1 aromatic carbocycles. The van der Waals surface area contributed by atoms with E-state index in [1.54, 1.807) is 18.2 Å². The molecule has 1 atom stereocenters. The third-order valence-corrected chi connectivity index (χ3v) is 3.03. The lowest BCUT2D eigenvalue weighted by molar-refractivity contribution is -0.385. The summed E-state index contributed by atoms with van der Waals surface area (Å²) >= 11 is 5.84. The van der Waals surface area contributed by atoms with Gasteiger partial charge < -0.3 is 9.84 Å². The van der Waals surface area contributed by atoms with Crippen molar-refractivity contribution in [2.24, 2.45) is 0 Å². The van der Waals surface area contributed by atoms with E-state index in [4.69, 9.17) is 16.3 Å². The molecule has 0 aliphatic heterocycles. The van der Waals surface area contributed by atoms with Crippen molar-refractivity contribution in [2.45, 2.75) is 19.6 Å². The van der Waals surface area contributed by atoms with Crippen LogP contribution in [-0.4, -0.2) is 32.5 Å². The molecular weight excluding hydrogens is 298 g/mol. The number of halogens is 1. The van der Waals surface area contributed by atoms with Crippen molar-refractivity contribution in [3.05, 3.63) is 51.3 Å². The van der Waals surface area contributed by atoms with E-state index < -0.39 is 11.0 Å². The van der Waals surface area contributed by atoms with Crippen LogP contribution in [0.5, 0.6) is 5.75 Å². The largest absolute Gasteiger partial charge is 0.491 e. The average Bonchev–Trinajstić information content (AvgIpc) is 2.86. The molecule has 0 amide bonds. The minimum Gasteiger partial charge on any atom is -0.491 e. The lowest BCUT2D eigenvalue weighted by Crippen LogP contribution is -2.24. The highest BCUT2D eigenvalue weighted by molar-refractivity contribution is 6.30. The van der Waals surface area contributed by atoms with Gasteiger partial charge in [-0.1, -0.05) is 11.6 Å². The van der Waals surface area contributed by atoms with Crippen LogP contribution in [0.25, 0.3) is 0 Å². The number of rotatable bonds is 6. The second-order valence-electron chi connectivity index (χ2n) is 4.55. The van der Waals surface area contributed by atoms with E-state index >= 15 is 0 Å². The fourth-order valence-electron chi connectivity index (χ4n) is 1.78. The lowest BCUT2D eigenvalue weighted by Gasteiger charge is -2.13. The molecule has 0 bridgehead atoms. The van der Waals surface area contributed by atoms with Gasteiger partial charge in [0.05, 0.1) is 11.5 Å². The maximum atomic E-state index is 10.5. The molecule has 0 saturated carbocycles. The zero-order valence-electron chi connectivity index (χ0n) is 11.3. The molecule has 21 heavy (non-hydrogen) atoms. The standard InChI is InChI=1S/C13H14ClN3O4/c1-9-4-10(14)2-3-13(9)21-8-12(18)7-16-6-11(5-15-16)17(19)20/h2-6,12,18H,7-8H2,1H3. The van der Waals surface area contributed by atoms with Crippen LogP contribution >= 0.6 is 11.6 Å². The minimum atomic E-state index is -0.834. The Morgan fingerprint density at radius 1 is 1.57 bits per heavy atom. The maximum absolute atomic E-state index is 10.5. The van der Waals surface area contributed by atoms with Gasteiger partial charge in [-0.15, -0.1) is 0 Å². The number of aryl methyl sites for hydroxylation is 1. The number of benzene rings is 1. The molecule has 0 saturated heterocycles. The molecule has 2 rings (SSSR count). The second-order valence-corrected chi connectivity index (χ2v) is 4.99. The Kier molecular flexibility index (Phi) is 4.77. The van der Waals surface area contributed by atoms with E-state index in [1.807, 2.05) is 6.92 Å². The van der Waals surface area contributed by atoms with E-state index in [9.17, 15) is 15.2 Å². The quantitative estimate of drug-likeness (QED) is 0.652. The Labute approximate surface area is 125 Å². The number of aliphatic hydroxyl groups is 1. The van der Waals surface area contributed by atoms with Gasteiger partial charge >= 0.3 is 5.69 Å². The predicted molar refractivity (Wildman–Crippen MR) is 76.6 cm³/mol. The van der Waals surface area contributed by atoms with Crippen molar-refractivity contribution in [3.63, 3.8) is 0 Å². The second kappa shape index (κ2) is 6.55. The van der Waals surface area contributed by atoms with Crippen molar-refractivity contribution in [1.29, 1.82) is 0 Å². The third kappa shape index (κ3) is 4.17. The fraction of sp³-hybridized carbons (Fsp3) is 0.308. The van der Waals surface area contributed by atoms with Crippen LogP contribution in [0.4, 0.5) is 5.69 Å². The van der Waals surface area contributed by atoms with Crippen LogP contribution < -0.4 is 4.74 Å². The van der Waals surface area contributed by atoms with Crippen LogP contribution in [0.3, 0.4) is 0 Å². The van der Waals surface area contributed by atoms with Gasteiger partial charge in [-0.25, -0.2) is 0 Å². The van der Waals surface area contributed by atoms with E-state index in [2.05, 4.69) is 5.10 Å². The summed E-state index contributed by atoms with van der Waals surface area (Å²) in [5.74, 6) is 0.630. The molecule has 7 nitrogen and oxygen atoms in total. The number of aliphatic hydroxyl groups excluding tert-OH is 1. The van der Waals surface area contributed by atoms with Gasteiger partial charge in [0.15, 0.2) is 0 Å². The van der Waals surface area contributed by atoms with Gasteiger partial charge in [0.2, 0.25) is 0 Å². The highest BCUT2D eigenvalue weighted by Gasteiger charge is 2.13. The first-order chi connectivity index (χ1) is 9.95. The first-order valence-electron chi connectivity index (χ1n) is 6.19. The Morgan fingerprint density at radius 2 is 2.33 bits per heavy atom. The van der Waals surface area contributed by atoms with E-state index in [-0.39, 0.29) is 18.8 Å². The summed E-state index contributed by atoms with van der Waals surface area (Å²) in [6, 6.07) is 5.19. The predicted octanol–water partition coefficient (Wildman–Crippen LogP) is 2.19. The molecule has 1 unspecified atom stereocenters. The third-order valence-electron chi connectivity index (χ3n) is 2.80. The number of nitrogens with zero attached hydrogens (tertiary/aromatic N) is 3. The van der Waals surface area contributed by atoms with Gasteiger partial charge in [-0.2, -0.15) is 5.10 Å². The summed E-state index contributed by atoms with van der Waals surface area (Å²) in [7, 11) is 0. The lowest BCUT2D eigenvalue weighted by atomic mass is 10.2. The van der Waals surface area contributed by atoms with Crippen molar-refractivity contribution in [2.75, 3.05) is 6.61 Å². The summed E-state index contributed by atoms with van der Waals surface area (Å²) in [6.45, 7) is 2.01. The van der Waals surface area contributed by atoms with Crippen LogP contribution in [-0.2, 0) is 6.54 Å². The van der Waals surface area contributed by atoms with Crippen LogP contribution in [0, 0.1) is 17.0 Å². The molecule has 8 heteroatoms. The maximum Gasteiger partial charge on any atom is 0.306 e. The summed E-state index contributed by atoms with van der Waals surface area (Å²) in [6.07, 6.45) is 1.56. The molecule has 2 aromatic rings. The Bertz CT molecular complexity index is 644. The van der Waals surface area contributed by atoms with Crippen LogP contribution in [0.2, 0.25) is 5.02 Å². The van der Waals surface area contributed by atoms with Crippen molar-refractivity contribution >= 4 is 17.3 Å². The average molecular weight is 312 g/mol. The van der Waals surface area contributed by atoms with Crippen molar-refractivity contribution in [3.8, 4) is 5.75 Å². The number of hydrogen-bond acceptors (Lipinski definition) is 5. The van der Waals surface area contributed by atoms with Crippen LogP contribution in [0.15, 0.2) is 30.6 Å². The molecule has 0 spiro atoms. The molecule has 0 aliphatic carbocycles. The highest BCUT2D eigenvalue weighted by atomic mass is 35.5. The Morgan fingerprint density at radius 3 is 2.95 bits per heavy atom. The first kappa shape index (κ1) is 15.3. The monoisotopic (exact) mass is 311 g/mol. The molecule has 0 radical (unpaired) electrons. The Hall–Kier alpha value is -2.12. The number of aromatic nitrogens is 2. The summed E-state index contributed by atoms with van der Waals surface area (Å²) in [5.41, 5.74) is 0.751. The molecular formula is C13H14ClN3O4. The minimum absolute atomic E-state index is 0.0517. The van der Waals surface area contributed by atoms with E-state index in [1.165, 1.54) is 10.9 Å².